The molecule has 0 atom stereocenters. The lowest BCUT2D eigenvalue weighted by atomic mass is 10.2. The maximum Gasteiger partial charge on any atom is 0.165 e. The minimum Gasteiger partial charge on any atom is -0.410 e. The van der Waals surface area contributed by atoms with E-state index < -0.39 is 5.41 Å². The fourth-order valence-corrected chi connectivity index (χ4v) is 0.816. The van der Waals surface area contributed by atoms with Gasteiger partial charge >= 0.3 is 0 Å². The summed E-state index contributed by atoms with van der Waals surface area (Å²) in [6.45, 7) is 0. The highest BCUT2D eigenvalue weighted by atomic mass is 35.5. The smallest absolute Gasteiger partial charge is 0.165 e. The van der Waals surface area contributed by atoms with Crippen molar-refractivity contribution in [3.8, 4) is 6.07 Å². The molecule has 0 aromatic rings. The summed E-state index contributed by atoms with van der Waals surface area (Å²) >= 11 is 5.40. The van der Waals surface area contributed by atoms with Crippen LogP contribution in [0.15, 0.2) is 5.16 Å². The number of nitrogens with zero attached hydrogens (tertiary/aromatic N) is 2. The molecule has 1 N–H and O–H groups in total. The van der Waals surface area contributed by atoms with Crippen molar-refractivity contribution in [2.75, 3.05) is 0 Å². The first-order valence-corrected chi connectivity index (χ1v) is 2.92. The molecular weight excluding hydrogens is 140 g/mol. The molecule has 3 nitrogen and oxygen atoms in total. The van der Waals surface area contributed by atoms with Crippen molar-refractivity contribution >= 4 is 16.8 Å². The first-order chi connectivity index (χ1) is 4.25. The van der Waals surface area contributed by atoms with E-state index in [0.29, 0.717) is 12.8 Å². The first kappa shape index (κ1) is 6.37. The highest BCUT2D eigenvalue weighted by molar-refractivity contribution is 6.67. The van der Waals surface area contributed by atoms with Gasteiger partial charge in [0.1, 0.15) is 5.41 Å². The Labute approximate surface area is 57.5 Å². The Morgan fingerprint density at radius 2 is 2.33 bits per heavy atom. The number of hydrogen-bond acceptors (Lipinski definition) is 3. The van der Waals surface area contributed by atoms with Gasteiger partial charge in [-0.2, -0.15) is 5.26 Å². The van der Waals surface area contributed by atoms with Crippen molar-refractivity contribution in [1.82, 2.24) is 0 Å². The fourth-order valence-electron chi connectivity index (χ4n) is 0.585. The third-order valence-electron chi connectivity index (χ3n) is 1.45. The van der Waals surface area contributed by atoms with Crippen molar-refractivity contribution in [1.29, 1.82) is 5.26 Å². The molecule has 0 amide bonds. The molecule has 0 unspecified atom stereocenters. The van der Waals surface area contributed by atoms with Crippen LogP contribution in [0.3, 0.4) is 0 Å². The number of rotatable bonds is 1. The van der Waals surface area contributed by atoms with Gasteiger partial charge < -0.3 is 5.21 Å². The Kier molecular flexibility index (Phi) is 1.34. The Morgan fingerprint density at radius 1 is 1.78 bits per heavy atom. The molecule has 0 aliphatic heterocycles. The molecule has 0 saturated heterocycles. The summed E-state index contributed by atoms with van der Waals surface area (Å²) in [5, 5.41) is 19.3. The van der Waals surface area contributed by atoms with Crippen LogP contribution in [-0.2, 0) is 0 Å². The molecule has 9 heavy (non-hydrogen) atoms. The maximum absolute atomic E-state index is 8.43. The summed E-state index contributed by atoms with van der Waals surface area (Å²) in [4.78, 5) is 0. The van der Waals surface area contributed by atoms with Gasteiger partial charge in [-0.05, 0) is 12.8 Å². The molecule has 1 aliphatic rings. The van der Waals surface area contributed by atoms with Crippen LogP contribution >= 0.6 is 11.6 Å². The molecule has 0 bridgehead atoms. The Bertz CT molecular complexity index is 190. The topological polar surface area (TPSA) is 56.4 Å². The lowest BCUT2D eigenvalue weighted by Gasteiger charge is -1.95. The standard InChI is InChI=1S/C5H5ClN2O/c6-4(8-9)5(3-7)1-2-5/h9H,1-2H2/b8-4-. The molecule has 1 fully saturated rings. The summed E-state index contributed by atoms with van der Waals surface area (Å²) < 4.78 is 0. The molecule has 1 rings (SSSR count). The van der Waals surface area contributed by atoms with Crippen LogP contribution in [0, 0.1) is 16.7 Å². The van der Waals surface area contributed by atoms with Gasteiger partial charge in [0, 0.05) is 0 Å². The van der Waals surface area contributed by atoms with Gasteiger partial charge in [-0.3, -0.25) is 0 Å². The fraction of sp³-hybridized carbons (Fsp3) is 0.600. The Balaban J connectivity index is 2.75. The van der Waals surface area contributed by atoms with Crippen molar-refractivity contribution in [3.05, 3.63) is 0 Å². The lowest BCUT2D eigenvalue weighted by Crippen LogP contribution is -2.05. The van der Waals surface area contributed by atoms with Gasteiger partial charge in [0.25, 0.3) is 0 Å². The zero-order valence-corrected chi connectivity index (χ0v) is 5.39. The van der Waals surface area contributed by atoms with E-state index in [1.807, 2.05) is 6.07 Å². The predicted octanol–water partition coefficient (Wildman–Crippen LogP) is 1.32. The van der Waals surface area contributed by atoms with E-state index in [-0.39, 0.29) is 5.17 Å². The van der Waals surface area contributed by atoms with Gasteiger partial charge in [-0.1, -0.05) is 16.8 Å². The molecule has 0 aromatic carbocycles. The molecule has 0 spiro atoms. The molecular formula is C5H5ClN2O. The average molecular weight is 145 g/mol. The minimum atomic E-state index is -0.629. The van der Waals surface area contributed by atoms with E-state index >= 15 is 0 Å². The molecule has 48 valence electrons. The van der Waals surface area contributed by atoms with Gasteiger partial charge in [0.2, 0.25) is 0 Å². The molecule has 0 aromatic heterocycles. The van der Waals surface area contributed by atoms with E-state index in [0.717, 1.165) is 0 Å². The van der Waals surface area contributed by atoms with E-state index in [9.17, 15) is 0 Å². The zero-order valence-electron chi connectivity index (χ0n) is 4.63. The van der Waals surface area contributed by atoms with E-state index in [1.165, 1.54) is 0 Å². The summed E-state index contributed by atoms with van der Waals surface area (Å²) in [6.07, 6.45) is 1.43. The molecule has 1 saturated carbocycles. The first-order valence-electron chi connectivity index (χ1n) is 2.54. The molecule has 4 heteroatoms. The second-order valence-corrected chi connectivity index (χ2v) is 2.44. The number of halogens is 1. The van der Waals surface area contributed by atoms with Crippen LogP contribution in [0.1, 0.15) is 12.8 Å². The largest absolute Gasteiger partial charge is 0.410 e. The van der Waals surface area contributed by atoms with Crippen LogP contribution in [0.2, 0.25) is 0 Å². The summed E-state index contributed by atoms with van der Waals surface area (Å²) in [5.74, 6) is 0. The van der Waals surface area contributed by atoms with Crippen LogP contribution in [0.4, 0.5) is 0 Å². The SMILES string of the molecule is N#CC1(/C(Cl)=N/O)CC1. The van der Waals surface area contributed by atoms with Gasteiger partial charge in [-0.25, -0.2) is 0 Å². The normalized spacial score (nSPS) is 22.9. The van der Waals surface area contributed by atoms with Crippen molar-refractivity contribution < 1.29 is 5.21 Å². The number of oxime groups is 1. The third-order valence-corrected chi connectivity index (χ3v) is 1.88. The molecule has 1 aliphatic carbocycles. The van der Waals surface area contributed by atoms with E-state index in [4.69, 9.17) is 22.1 Å². The van der Waals surface area contributed by atoms with Gasteiger partial charge in [-0.15, -0.1) is 0 Å². The van der Waals surface area contributed by atoms with Crippen LogP contribution in [-0.4, -0.2) is 10.4 Å². The molecule has 0 heterocycles. The monoisotopic (exact) mass is 144 g/mol. The predicted molar refractivity (Wildman–Crippen MR) is 32.4 cm³/mol. The Hall–Kier alpha value is -0.750. The lowest BCUT2D eigenvalue weighted by molar-refractivity contribution is 0.317. The third kappa shape index (κ3) is 0.859. The van der Waals surface area contributed by atoms with Gasteiger partial charge in [0.05, 0.1) is 6.07 Å². The zero-order chi connectivity index (χ0) is 6.91. The van der Waals surface area contributed by atoms with Gasteiger partial charge in [0.15, 0.2) is 5.17 Å². The summed E-state index contributed by atoms with van der Waals surface area (Å²) in [6, 6.07) is 1.98. The Morgan fingerprint density at radius 3 is 2.44 bits per heavy atom. The summed E-state index contributed by atoms with van der Waals surface area (Å²) in [7, 11) is 0. The number of nitriles is 1. The second-order valence-electron chi connectivity index (χ2n) is 2.08. The van der Waals surface area contributed by atoms with Crippen molar-refractivity contribution in [3.63, 3.8) is 0 Å². The van der Waals surface area contributed by atoms with Crippen LogP contribution < -0.4 is 0 Å². The minimum absolute atomic E-state index is 0.0185. The van der Waals surface area contributed by atoms with Crippen molar-refractivity contribution in [2.45, 2.75) is 12.8 Å². The average Bonchev–Trinajstić information content (AvgIpc) is 2.66. The highest BCUT2D eigenvalue weighted by Crippen LogP contribution is 2.47. The number of hydrogen-bond donors (Lipinski definition) is 1. The molecule has 0 radical (unpaired) electrons. The van der Waals surface area contributed by atoms with Crippen molar-refractivity contribution in [2.24, 2.45) is 10.6 Å². The summed E-state index contributed by atoms with van der Waals surface area (Å²) in [5.41, 5.74) is -0.629. The van der Waals surface area contributed by atoms with E-state index in [2.05, 4.69) is 5.16 Å². The quantitative estimate of drug-likeness (QED) is 0.343. The van der Waals surface area contributed by atoms with E-state index in [1.54, 1.807) is 0 Å². The van der Waals surface area contributed by atoms with Crippen LogP contribution in [0.25, 0.3) is 0 Å². The second kappa shape index (κ2) is 1.89. The maximum atomic E-state index is 8.43. The highest BCUT2D eigenvalue weighted by Gasteiger charge is 2.48. The van der Waals surface area contributed by atoms with Crippen LogP contribution in [0.5, 0.6) is 0 Å².